The average molecular weight is 372 g/mol. The van der Waals surface area contributed by atoms with Crippen LogP contribution in [0.25, 0.3) is 0 Å². The zero-order chi connectivity index (χ0) is 18.1. The standard InChI is InChI=1S/C19H33NO4S/c1-14(21)15-2-4-16(5-3-15)20-19(22)10-11-23-17-6-8-18(9-7-17)24-12-13-25/h15-18,25H,2-13H2,1H3,(H,20,22)/t15-,16-,17-,18+. The number of carbonyl (C=O) groups excluding carboxylic acids is 2. The Labute approximate surface area is 157 Å². The number of ketones is 1. The Balaban J connectivity index is 1.52. The van der Waals surface area contributed by atoms with Crippen molar-refractivity contribution in [3.05, 3.63) is 0 Å². The van der Waals surface area contributed by atoms with Gasteiger partial charge in [0.05, 0.1) is 25.4 Å². The first-order valence-corrected chi connectivity index (χ1v) is 10.4. The third-order valence-electron chi connectivity index (χ3n) is 5.42. The van der Waals surface area contributed by atoms with Gasteiger partial charge in [0, 0.05) is 24.1 Å². The lowest BCUT2D eigenvalue weighted by Gasteiger charge is -2.29. The van der Waals surface area contributed by atoms with Crippen molar-refractivity contribution in [3.8, 4) is 0 Å². The molecule has 2 rings (SSSR count). The number of Topliss-reactive ketones (excluding diaryl/α,β-unsaturated/α-hetero) is 1. The second-order valence-electron chi connectivity index (χ2n) is 7.34. The molecule has 0 aromatic heterocycles. The van der Waals surface area contributed by atoms with Crippen molar-refractivity contribution < 1.29 is 19.1 Å². The van der Waals surface area contributed by atoms with Gasteiger partial charge in [-0.25, -0.2) is 0 Å². The SMILES string of the molecule is CC(=O)[C@H]1CC[C@H](NC(=O)CCO[C@H]2CC[C@@H](OCCS)CC2)CC1. The smallest absolute Gasteiger partial charge is 0.222 e. The van der Waals surface area contributed by atoms with E-state index in [0.717, 1.165) is 57.1 Å². The first-order chi connectivity index (χ1) is 12.1. The van der Waals surface area contributed by atoms with Gasteiger partial charge in [-0.15, -0.1) is 0 Å². The third kappa shape index (κ3) is 7.67. The monoisotopic (exact) mass is 371 g/mol. The largest absolute Gasteiger partial charge is 0.378 e. The zero-order valence-corrected chi connectivity index (χ0v) is 16.3. The molecule has 0 aliphatic heterocycles. The number of nitrogens with one attached hydrogen (secondary N) is 1. The van der Waals surface area contributed by atoms with Crippen LogP contribution in [0, 0.1) is 5.92 Å². The van der Waals surface area contributed by atoms with Gasteiger partial charge in [0.2, 0.25) is 5.91 Å². The quantitative estimate of drug-likeness (QED) is 0.612. The molecule has 2 aliphatic rings. The highest BCUT2D eigenvalue weighted by Crippen LogP contribution is 2.25. The molecule has 144 valence electrons. The number of carbonyl (C=O) groups is 2. The molecule has 0 heterocycles. The van der Waals surface area contributed by atoms with E-state index in [1.54, 1.807) is 6.92 Å². The maximum atomic E-state index is 12.1. The fraction of sp³-hybridized carbons (Fsp3) is 0.895. The highest BCUT2D eigenvalue weighted by Gasteiger charge is 2.25. The van der Waals surface area contributed by atoms with E-state index in [0.29, 0.717) is 25.7 Å². The molecule has 0 radical (unpaired) electrons. The van der Waals surface area contributed by atoms with Crippen LogP contribution < -0.4 is 5.32 Å². The second-order valence-corrected chi connectivity index (χ2v) is 7.79. The van der Waals surface area contributed by atoms with E-state index in [9.17, 15) is 9.59 Å². The number of hydrogen-bond acceptors (Lipinski definition) is 5. The summed E-state index contributed by atoms with van der Waals surface area (Å²) in [7, 11) is 0. The minimum Gasteiger partial charge on any atom is -0.378 e. The van der Waals surface area contributed by atoms with Gasteiger partial charge in [-0.05, 0) is 58.3 Å². The average Bonchev–Trinajstić information content (AvgIpc) is 2.61. The maximum absolute atomic E-state index is 12.1. The van der Waals surface area contributed by atoms with E-state index in [-0.39, 0.29) is 29.8 Å². The van der Waals surface area contributed by atoms with Crippen molar-refractivity contribution in [2.45, 2.75) is 83.0 Å². The lowest BCUT2D eigenvalue weighted by molar-refractivity contribution is -0.124. The van der Waals surface area contributed by atoms with E-state index < -0.39 is 0 Å². The van der Waals surface area contributed by atoms with Crippen molar-refractivity contribution in [3.63, 3.8) is 0 Å². The van der Waals surface area contributed by atoms with Crippen LogP contribution in [0.2, 0.25) is 0 Å². The summed E-state index contributed by atoms with van der Waals surface area (Å²) in [6.45, 7) is 2.87. The van der Waals surface area contributed by atoms with Gasteiger partial charge in [-0.1, -0.05) is 0 Å². The molecule has 0 aromatic rings. The van der Waals surface area contributed by atoms with Gasteiger partial charge in [-0.2, -0.15) is 12.6 Å². The van der Waals surface area contributed by atoms with Gasteiger partial charge in [-0.3, -0.25) is 9.59 Å². The Kier molecular flexibility index (Phi) is 9.28. The molecule has 25 heavy (non-hydrogen) atoms. The third-order valence-corrected chi connectivity index (χ3v) is 5.60. The van der Waals surface area contributed by atoms with Crippen LogP contribution in [-0.2, 0) is 19.1 Å². The van der Waals surface area contributed by atoms with Gasteiger partial charge in [0.1, 0.15) is 5.78 Å². The Morgan fingerprint density at radius 2 is 1.48 bits per heavy atom. The summed E-state index contributed by atoms with van der Waals surface area (Å²) in [5.41, 5.74) is 0. The predicted octanol–water partition coefficient (Wildman–Crippen LogP) is 2.91. The fourth-order valence-corrected chi connectivity index (χ4v) is 3.95. The van der Waals surface area contributed by atoms with Crippen molar-refractivity contribution in [2.24, 2.45) is 5.92 Å². The van der Waals surface area contributed by atoms with Crippen molar-refractivity contribution in [1.29, 1.82) is 0 Å². The van der Waals surface area contributed by atoms with Crippen LogP contribution in [0.3, 0.4) is 0 Å². The highest BCUT2D eigenvalue weighted by atomic mass is 32.1. The summed E-state index contributed by atoms with van der Waals surface area (Å²) >= 11 is 4.16. The highest BCUT2D eigenvalue weighted by molar-refractivity contribution is 7.80. The summed E-state index contributed by atoms with van der Waals surface area (Å²) in [5, 5.41) is 3.09. The van der Waals surface area contributed by atoms with E-state index in [2.05, 4.69) is 17.9 Å². The molecular formula is C19H33NO4S. The number of ether oxygens (including phenoxy) is 2. The normalized spacial score (nSPS) is 30.0. The molecule has 0 unspecified atom stereocenters. The van der Waals surface area contributed by atoms with Crippen LogP contribution >= 0.6 is 12.6 Å². The minimum absolute atomic E-state index is 0.0667. The molecule has 6 heteroatoms. The molecule has 0 aromatic carbocycles. The predicted molar refractivity (Wildman–Crippen MR) is 101 cm³/mol. The minimum atomic E-state index is 0.0667. The van der Waals surface area contributed by atoms with Crippen LogP contribution in [0.1, 0.15) is 64.7 Å². The summed E-state index contributed by atoms with van der Waals surface area (Å²) in [6, 6.07) is 0.225. The van der Waals surface area contributed by atoms with Gasteiger partial charge >= 0.3 is 0 Å². The van der Waals surface area contributed by atoms with E-state index >= 15 is 0 Å². The van der Waals surface area contributed by atoms with Gasteiger partial charge in [0.25, 0.3) is 0 Å². The first-order valence-electron chi connectivity index (χ1n) is 9.72. The van der Waals surface area contributed by atoms with E-state index in [4.69, 9.17) is 9.47 Å². The summed E-state index contributed by atoms with van der Waals surface area (Å²) < 4.78 is 11.6. The first kappa shape index (κ1) is 20.7. The molecule has 0 spiro atoms. The maximum Gasteiger partial charge on any atom is 0.222 e. The molecule has 0 atom stereocenters. The molecule has 2 aliphatic carbocycles. The van der Waals surface area contributed by atoms with E-state index in [1.165, 1.54) is 0 Å². The lowest BCUT2D eigenvalue weighted by Crippen LogP contribution is -2.39. The molecule has 2 fully saturated rings. The molecule has 0 saturated heterocycles. The molecule has 1 amide bonds. The Hall–Kier alpha value is -0.590. The fourth-order valence-electron chi connectivity index (χ4n) is 3.85. The molecule has 0 bridgehead atoms. The van der Waals surface area contributed by atoms with Crippen LogP contribution in [-0.4, -0.2) is 48.9 Å². The van der Waals surface area contributed by atoms with Gasteiger partial charge < -0.3 is 14.8 Å². The summed E-state index contributed by atoms with van der Waals surface area (Å²) in [5.74, 6) is 1.31. The summed E-state index contributed by atoms with van der Waals surface area (Å²) in [4.78, 5) is 23.4. The van der Waals surface area contributed by atoms with Crippen LogP contribution in [0.4, 0.5) is 0 Å². The number of rotatable bonds is 9. The number of thiol groups is 1. The molecule has 1 N–H and O–H groups in total. The molecule has 2 saturated carbocycles. The van der Waals surface area contributed by atoms with Crippen LogP contribution in [0.15, 0.2) is 0 Å². The van der Waals surface area contributed by atoms with E-state index in [1.807, 2.05) is 0 Å². The Bertz CT molecular complexity index is 416. The van der Waals surface area contributed by atoms with Crippen LogP contribution in [0.5, 0.6) is 0 Å². The van der Waals surface area contributed by atoms with Crippen molar-refractivity contribution in [2.75, 3.05) is 19.0 Å². The molecular weight excluding hydrogens is 338 g/mol. The number of amides is 1. The second kappa shape index (κ2) is 11.2. The Morgan fingerprint density at radius 3 is 2.00 bits per heavy atom. The van der Waals surface area contributed by atoms with Gasteiger partial charge in [0.15, 0.2) is 0 Å². The zero-order valence-electron chi connectivity index (χ0n) is 15.4. The van der Waals surface area contributed by atoms with Crippen molar-refractivity contribution >= 4 is 24.3 Å². The Morgan fingerprint density at radius 1 is 0.920 bits per heavy atom. The molecule has 5 nitrogen and oxygen atoms in total. The van der Waals surface area contributed by atoms with Crippen molar-refractivity contribution in [1.82, 2.24) is 5.32 Å². The topological polar surface area (TPSA) is 64.6 Å². The lowest BCUT2D eigenvalue weighted by atomic mass is 9.84. The summed E-state index contributed by atoms with van der Waals surface area (Å²) in [6.07, 6.45) is 8.72. The number of hydrogen-bond donors (Lipinski definition) is 2.